The molecule has 2 aromatic rings. The van der Waals surface area contributed by atoms with E-state index in [1.807, 2.05) is 17.9 Å². The Balaban J connectivity index is 1.42. The fraction of sp³-hybridized carbons (Fsp3) is 0.526. The zero-order valence-electron chi connectivity index (χ0n) is 15.3. The highest BCUT2D eigenvalue weighted by Gasteiger charge is 2.27. The summed E-state index contributed by atoms with van der Waals surface area (Å²) < 4.78 is 5.41. The molecule has 138 valence electrons. The molecule has 4 rings (SSSR count). The number of hydrogen-bond donors (Lipinski definition) is 0. The highest BCUT2D eigenvalue weighted by molar-refractivity contribution is 7.09. The van der Waals surface area contributed by atoms with Crippen LogP contribution in [-0.2, 0) is 19.4 Å². The second-order valence-corrected chi connectivity index (χ2v) is 7.99. The summed E-state index contributed by atoms with van der Waals surface area (Å²) >= 11 is 1.69. The summed E-state index contributed by atoms with van der Waals surface area (Å²) in [5.41, 5.74) is 4.02. The molecule has 0 atom stereocenters. The molecule has 7 heteroatoms. The number of amides is 1. The number of rotatable bonds is 4. The van der Waals surface area contributed by atoms with Crippen LogP contribution in [0.4, 0.5) is 0 Å². The quantitative estimate of drug-likeness (QED) is 0.824. The zero-order chi connectivity index (χ0) is 18.1. The molecule has 3 heterocycles. The van der Waals surface area contributed by atoms with Crippen LogP contribution in [0.3, 0.4) is 0 Å². The van der Waals surface area contributed by atoms with E-state index in [1.54, 1.807) is 18.4 Å². The SMILES string of the molecule is COc1nc2c(cc1C(=O)N1CCN(Cc3csc(C)n3)CC1)CCC2. The van der Waals surface area contributed by atoms with Crippen molar-refractivity contribution in [1.82, 2.24) is 19.8 Å². The summed E-state index contributed by atoms with van der Waals surface area (Å²) in [7, 11) is 1.59. The molecule has 2 aliphatic rings. The Bertz CT molecular complexity index is 812. The molecule has 0 radical (unpaired) electrons. The van der Waals surface area contributed by atoms with Gasteiger partial charge in [-0.05, 0) is 37.8 Å². The number of nitrogens with zero attached hydrogens (tertiary/aromatic N) is 4. The first kappa shape index (κ1) is 17.4. The number of carbonyl (C=O) groups excluding carboxylic acids is 1. The maximum atomic E-state index is 13.0. The molecule has 2 aromatic heterocycles. The van der Waals surface area contributed by atoms with Crippen molar-refractivity contribution in [1.29, 1.82) is 0 Å². The zero-order valence-corrected chi connectivity index (χ0v) is 16.1. The van der Waals surface area contributed by atoms with Crippen LogP contribution < -0.4 is 4.74 Å². The first-order chi connectivity index (χ1) is 12.6. The minimum Gasteiger partial charge on any atom is -0.480 e. The minimum absolute atomic E-state index is 0.0354. The topological polar surface area (TPSA) is 58.6 Å². The fourth-order valence-corrected chi connectivity index (χ4v) is 4.36. The molecule has 0 spiro atoms. The monoisotopic (exact) mass is 372 g/mol. The molecule has 26 heavy (non-hydrogen) atoms. The van der Waals surface area contributed by atoms with Crippen LogP contribution in [0, 0.1) is 6.92 Å². The van der Waals surface area contributed by atoms with Crippen molar-refractivity contribution in [2.24, 2.45) is 0 Å². The van der Waals surface area contributed by atoms with E-state index in [9.17, 15) is 4.79 Å². The van der Waals surface area contributed by atoms with Crippen LogP contribution in [-0.4, -0.2) is 59.0 Å². The number of hydrogen-bond acceptors (Lipinski definition) is 6. The van der Waals surface area contributed by atoms with Crippen molar-refractivity contribution in [2.75, 3.05) is 33.3 Å². The Morgan fingerprint density at radius 2 is 2.04 bits per heavy atom. The van der Waals surface area contributed by atoms with Crippen molar-refractivity contribution in [3.05, 3.63) is 39.0 Å². The van der Waals surface area contributed by atoms with Crippen LogP contribution in [0.25, 0.3) is 0 Å². The van der Waals surface area contributed by atoms with E-state index in [4.69, 9.17) is 4.74 Å². The van der Waals surface area contributed by atoms with Gasteiger partial charge in [-0.25, -0.2) is 9.97 Å². The lowest BCUT2D eigenvalue weighted by Gasteiger charge is -2.34. The van der Waals surface area contributed by atoms with Crippen LogP contribution in [0.5, 0.6) is 5.88 Å². The van der Waals surface area contributed by atoms with E-state index < -0.39 is 0 Å². The Labute approximate surface area is 157 Å². The molecule has 0 unspecified atom stereocenters. The molecule has 0 aromatic carbocycles. The molecule has 1 aliphatic carbocycles. The molecule has 1 aliphatic heterocycles. The Morgan fingerprint density at radius 1 is 1.23 bits per heavy atom. The predicted octanol–water partition coefficient (Wildman–Crippen LogP) is 2.30. The summed E-state index contributed by atoms with van der Waals surface area (Å²) in [5.74, 6) is 0.504. The standard InChI is InChI=1S/C19H24N4O2S/c1-13-20-15(12-26-13)11-22-6-8-23(9-7-22)19(24)16-10-14-4-3-5-17(14)21-18(16)25-2/h10,12H,3-9,11H2,1-2H3. The molecule has 1 amide bonds. The highest BCUT2D eigenvalue weighted by atomic mass is 32.1. The van der Waals surface area contributed by atoms with Crippen molar-refractivity contribution in [2.45, 2.75) is 32.7 Å². The summed E-state index contributed by atoms with van der Waals surface area (Å²) in [6, 6.07) is 2.00. The van der Waals surface area contributed by atoms with Gasteiger partial charge in [0.15, 0.2) is 0 Å². The van der Waals surface area contributed by atoms with Gasteiger partial charge in [-0.3, -0.25) is 9.69 Å². The summed E-state index contributed by atoms with van der Waals surface area (Å²) in [4.78, 5) is 26.4. The van der Waals surface area contributed by atoms with Gasteiger partial charge in [-0.2, -0.15) is 0 Å². The average molecular weight is 372 g/mol. The van der Waals surface area contributed by atoms with E-state index in [2.05, 4.69) is 20.2 Å². The molecule has 0 N–H and O–H groups in total. The van der Waals surface area contributed by atoms with Gasteiger partial charge in [0.1, 0.15) is 5.56 Å². The van der Waals surface area contributed by atoms with E-state index >= 15 is 0 Å². The normalized spacial score (nSPS) is 17.4. The number of piperazine rings is 1. The van der Waals surface area contributed by atoms with Crippen molar-refractivity contribution < 1.29 is 9.53 Å². The van der Waals surface area contributed by atoms with E-state index in [0.29, 0.717) is 11.4 Å². The molecule has 0 saturated carbocycles. The lowest BCUT2D eigenvalue weighted by molar-refractivity contribution is 0.0623. The maximum absolute atomic E-state index is 13.0. The van der Waals surface area contributed by atoms with E-state index in [1.165, 1.54) is 5.56 Å². The average Bonchev–Trinajstić information content (AvgIpc) is 3.28. The molecule has 1 fully saturated rings. The third-order valence-corrected chi connectivity index (χ3v) is 5.97. The third kappa shape index (κ3) is 3.46. The Kier molecular flexibility index (Phi) is 4.91. The first-order valence-electron chi connectivity index (χ1n) is 9.13. The maximum Gasteiger partial charge on any atom is 0.259 e. The second kappa shape index (κ2) is 7.32. The van der Waals surface area contributed by atoms with Gasteiger partial charge >= 0.3 is 0 Å². The van der Waals surface area contributed by atoms with Gasteiger partial charge in [0.2, 0.25) is 5.88 Å². The molecular weight excluding hydrogens is 348 g/mol. The van der Waals surface area contributed by atoms with Crippen molar-refractivity contribution in [3.63, 3.8) is 0 Å². The van der Waals surface area contributed by atoms with E-state index in [-0.39, 0.29) is 5.91 Å². The highest BCUT2D eigenvalue weighted by Crippen LogP contribution is 2.27. The number of ether oxygens (including phenoxy) is 1. The van der Waals surface area contributed by atoms with Crippen LogP contribution in [0.1, 0.15) is 38.7 Å². The number of methoxy groups -OCH3 is 1. The Hall–Kier alpha value is -1.99. The molecule has 1 saturated heterocycles. The summed E-state index contributed by atoms with van der Waals surface area (Å²) in [6.45, 7) is 6.06. The summed E-state index contributed by atoms with van der Waals surface area (Å²) in [6.07, 6.45) is 3.10. The van der Waals surface area contributed by atoms with Gasteiger partial charge in [-0.1, -0.05) is 0 Å². The number of thiazole rings is 1. The number of aryl methyl sites for hydroxylation is 3. The smallest absolute Gasteiger partial charge is 0.259 e. The van der Waals surface area contributed by atoms with Crippen molar-refractivity contribution >= 4 is 17.2 Å². The van der Waals surface area contributed by atoms with E-state index in [0.717, 1.165) is 68.4 Å². The largest absolute Gasteiger partial charge is 0.480 e. The predicted molar refractivity (Wildman–Crippen MR) is 101 cm³/mol. The Morgan fingerprint density at radius 3 is 2.73 bits per heavy atom. The number of carbonyl (C=O) groups is 1. The molecule has 0 bridgehead atoms. The first-order valence-corrected chi connectivity index (χ1v) is 10.0. The minimum atomic E-state index is 0.0354. The lowest BCUT2D eigenvalue weighted by Crippen LogP contribution is -2.48. The van der Waals surface area contributed by atoms with Gasteiger partial charge < -0.3 is 9.64 Å². The molecular formula is C19H24N4O2S. The van der Waals surface area contributed by atoms with Crippen molar-refractivity contribution in [3.8, 4) is 5.88 Å². The van der Waals surface area contributed by atoms with Gasteiger partial charge in [0.25, 0.3) is 5.91 Å². The van der Waals surface area contributed by atoms with Gasteiger partial charge in [0, 0.05) is 43.8 Å². The number of pyridine rings is 1. The van der Waals surface area contributed by atoms with Crippen LogP contribution >= 0.6 is 11.3 Å². The molecule has 6 nitrogen and oxygen atoms in total. The summed E-state index contributed by atoms with van der Waals surface area (Å²) in [5, 5.41) is 3.22. The van der Waals surface area contributed by atoms with Gasteiger partial charge in [-0.15, -0.1) is 11.3 Å². The lowest BCUT2D eigenvalue weighted by atomic mass is 10.1. The number of aromatic nitrogens is 2. The van der Waals surface area contributed by atoms with Crippen LogP contribution in [0.2, 0.25) is 0 Å². The number of fused-ring (bicyclic) bond motifs is 1. The van der Waals surface area contributed by atoms with Crippen LogP contribution in [0.15, 0.2) is 11.4 Å². The van der Waals surface area contributed by atoms with Gasteiger partial charge in [0.05, 0.1) is 17.8 Å². The fourth-order valence-electron chi connectivity index (χ4n) is 3.75. The second-order valence-electron chi connectivity index (χ2n) is 6.93. The third-order valence-electron chi connectivity index (χ3n) is 5.15.